The Morgan fingerprint density at radius 2 is 1.59 bits per heavy atom. The molecule has 0 bridgehead atoms. The molecule has 8 nitrogen and oxygen atoms in total. The van der Waals surface area contributed by atoms with Gasteiger partial charge in [-0.05, 0) is 29.8 Å². The van der Waals surface area contributed by atoms with Gasteiger partial charge in [-0.2, -0.15) is 0 Å². The second-order valence-corrected chi connectivity index (χ2v) is 10.7. The quantitative estimate of drug-likeness (QED) is 0.339. The molecule has 0 radical (unpaired) electrons. The van der Waals surface area contributed by atoms with E-state index in [1.807, 2.05) is 71.4 Å². The number of nitrogens with zero attached hydrogens (tertiary/aromatic N) is 4. The van der Waals surface area contributed by atoms with Gasteiger partial charge in [0.25, 0.3) is 5.91 Å². The Labute approximate surface area is 240 Å². The van der Waals surface area contributed by atoms with Crippen LogP contribution < -0.4 is 9.64 Å². The largest absolute Gasteiger partial charge is 0.495 e. The van der Waals surface area contributed by atoms with Crippen molar-refractivity contribution in [3.8, 4) is 5.75 Å². The Hall–Kier alpha value is -4.30. The fourth-order valence-corrected chi connectivity index (χ4v) is 6.50. The number of hydrogen-bond donors (Lipinski definition) is 0. The van der Waals surface area contributed by atoms with Crippen LogP contribution in [-0.4, -0.2) is 79.7 Å². The molecule has 2 atom stereocenters. The zero-order valence-corrected chi connectivity index (χ0v) is 23.8. The van der Waals surface area contributed by atoms with Crippen molar-refractivity contribution in [1.82, 2.24) is 14.4 Å². The topological polar surface area (TPSA) is 67.2 Å². The molecular weight excluding hydrogens is 516 g/mol. The van der Waals surface area contributed by atoms with E-state index in [-0.39, 0.29) is 11.8 Å². The molecule has 41 heavy (non-hydrogen) atoms. The second-order valence-electron chi connectivity index (χ2n) is 10.7. The second kappa shape index (κ2) is 11.3. The van der Waals surface area contributed by atoms with E-state index in [1.54, 1.807) is 14.2 Å². The van der Waals surface area contributed by atoms with Crippen LogP contribution in [0.5, 0.6) is 5.75 Å². The zero-order valence-electron chi connectivity index (χ0n) is 23.8. The van der Waals surface area contributed by atoms with E-state index in [0.29, 0.717) is 44.9 Å². The number of benzene rings is 3. The van der Waals surface area contributed by atoms with Gasteiger partial charge in [0, 0.05) is 75.1 Å². The smallest absolute Gasteiger partial charge is 0.254 e. The van der Waals surface area contributed by atoms with Crippen molar-refractivity contribution >= 4 is 28.4 Å². The van der Waals surface area contributed by atoms with Crippen molar-refractivity contribution in [2.24, 2.45) is 7.05 Å². The first kappa shape index (κ1) is 26.9. The van der Waals surface area contributed by atoms with Gasteiger partial charge in [-0.15, -0.1) is 0 Å². The maximum Gasteiger partial charge on any atom is 0.254 e. The van der Waals surface area contributed by atoms with Crippen molar-refractivity contribution in [2.45, 2.75) is 12.0 Å². The molecule has 6 rings (SSSR count). The highest BCUT2D eigenvalue weighted by Crippen LogP contribution is 2.46. The van der Waals surface area contributed by atoms with Gasteiger partial charge in [-0.3, -0.25) is 9.59 Å². The minimum atomic E-state index is -0.538. The molecule has 2 aliphatic rings. The number of fused-ring (bicyclic) bond motifs is 2. The molecule has 2 aliphatic heterocycles. The molecule has 0 saturated carbocycles. The van der Waals surface area contributed by atoms with Crippen LogP contribution in [-0.2, 0) is 16.6 Å². The van der Waals surface area contributed by atoms with Gasteiger partial charge in [0.2, 0.25) is 5.91 Å². The fraction of sp³-hybridized carbons (Fsp3) is 0.333. The van der Waals surface area contributed by atoms with Gasteiger partial charge < -0.3 is 28.7 Å². The molecule has 8 heteroatoms. The number of amides is 2. The lowest BCUT2D eigenvalue weighted by Gasteiger charge is -2.44. The molecule has 0 spiro atoms. The third-order valence-electron chi connectivity index (χ3n) is 8.50. The van der Waals surface area contributed by atoms with E-state index in [9.17, 15) is 9.59 Å². The monoisotopic (exact) mass is 552 g/mol. The van der Waals surface area contributed by atoms with E-state index >= 15 is 0 Å². The summed E-state index contributed by atoms with van der Waals surface area (Å²) in [6.45, 7) is 3.35. The fourth-order valence-electron chi connectivity index (χ4n) is 6.50. The summed E-state index contributed by atoms with van der Waals surface area (Å²) < 4.78 is 13.1. The Morgan fingerprint density at radius 1 is 0.878 bits per heavy atom. The van der Waals surface area contributed by atoms with E-state index in [2.05, 4.69) is 33.9 Å². The zero-order chi connectivity index (χ0) is 28.5. The molecule has 1 fully saturated rings. The highest BCUT2D eigenvalue weighted by molar-refractivity contribution is 6.02. The predicted octanol–water partition coefficient (Wildman–Crippen LogP) is 4.46. The number of carbonyl (C=O) groups excluding carboxylic acids is 2. The predicted molar refractivity (Wildman–Crippen MR) is 160 cm³/mol. The molecule has 212 valence electrons. The van der Waals surface area contributed by atoms with Gasteiger partial charge in [0.1, 0.15) is 5.75 Å². The summed E-state index contributed by atoms with van der Waals surface area (Å²) >= 11 is 0. The number of methoxy groups -OCH3 is 2. The van der Waals surface area contributed by atoms with Gasteiger partial charge in [-0.1, -0.05) is 48.5 Å². The highest BCUT2D eigenvalue weighted by Gasteiger charge is 2.46. The molecule has 1 saturated heterocycles. The summed E-state index contributed by atoms with van der Waals surface area (Å²) in [5.74, 6) is 0.270. The number of aryl methyl sites for hydroxylation is 1. The van der Waals surface area contributed by atoms with Gasteiger partial charge in [0.15, 0.2) is 0 Å². The lowest BCUT2D eigenvalue weighted by Crippen LogP contribution is -2.53. The van der Waals surface area contributed by atoms with Crippen LogP contribution in [0, 0.1) is 0 Å². The van der Waals surface area contributed by atoms with Crippen molar-refractivity contribution in [3.63, 3.8) is 0 Å². The average molecular weight is 553 g/mol. The Kier molecular flexibility index (Phi) is 7.41. The maximum atomic E-state index is 14.6. The molecule has 0 unspecified atom stereocenters. The van der Waals surface area contributed by atoms with Crippen LogP contribution in [0.3, 0.4) is 0 Å². The first-order valence-corrected chi connectivity index (χ1v) is 14.1. The first-order chi connectivity index (χ1) is 20.0. The minimum absolute atomic E-state index is 0.0463. The summed E-state index contributed by atoms with van der Waals surface area (Å²) in [6.07, 6.45) is 2.08. The van der Waals surface area contributed by atoms with Crippen LogP contribution in [0.15, 0.2) is 79.0 Å². The van der Waals surface area contributed by atoms with Crippen molar-refractivity contribution < 1.29 is 19.1 Å². The van der Waals surface area contributed by atoms with Gasteiger partial charge in [-0.25, -0.2) is 0 Å². The van der Waals surface area contributed by atoms with Crippen LogP contribution in [0.2, 0.25) is 0 Å². The maximum absolute atomic E-state index is 14.6. The molecule has 4 aromatic rings. The van der Waals surface area contributed by atoms with E-state index in [0.717, 1.165) is 33.5 Å². The molecule has 0 N–H and O–H groups in total. The average Bonchev–Trinajstić information content (AvgIpc) is 3.36. The summed E-state index contributed by atoms with van der Waals surface area (Å²) in [6, 6.07) is 23.3. The minimum Gasteiger partial charge on any atom is -0.495 e. The van der Waals surface area contributed by atoms with Crippen LogP contribution in [0.25, 0.3) is 10.9 Å². The molecule has 3 heterocycles. The van der Waals surface area contributed by atoms with Crippen molar-refractivity contribution in [1.29, 1.82) is 0 Å². The highest BCUT2D eigenvalue weighted by atomic mass is 16.5. The molecule has 3 aromatic carbocycles. The first-order valence-electron chi connectivity index (χ1n) is 14.1. The normalized spacial score (nSPS) is 19.0. The Morgan fingerprint density at radius 3 is 2.37 bits per heavy atom. The lowest BCUT2D eigenvalue weighted by atomic mass is 9.78. The summed E-state index contributed by atoms with van der Waals surface area (Å²) in [7, 11) is 5.33. The van der Waals surface area contributed by atoms with Crippen LogP contribution in [0.1, 0.15) is 33.4 Å². The Bertz CT molecular complexity index is 1570. The van der Waals surface area contributed by atoms with E-state index < -0.39 is 12.0 Å². The standard InChI is InChI=1S/C33H36N4O4/c1-34-22-26(23-10-6-7-13-27(23)34)31-30(24-11-4-5-12-25(24)32(38)37(31)20-21-40-2)33(39)36-18-16-35(17-19-36)28-14-8-9-15-29(28)41-3/h4-15,22,30-31H,16-21H2,1-3H3/t30-,31+/m0/s1. The van der Waals surface area contributed by atoms with Gasteiger partial charge in [0.05, 0.1) is 31.4 Å². The SMILES string of the molecule is COCCN1C(=O)c2ccccc2[C@H](C(=O)N2CCN(c3ccccc3OC)CC2)[C@H]1c1cn(C)c2ccccc12. The van der Waals surface area contributed by atoms with Crippen LogP contribution >= 0.6 is 0 Å². The molecular formula is C33H36N4O4. The van der Waals surface area contributed by atoms with Crippen molar-refractivity contribution in [2.75, 3.05) is 58.5 Å². The van der Waals surface area contributed by atoms with E-state index in [1.165, 1.54) is 0 Å². The summed E-state index contributed by atoms with van der Waals surface area (Å²) in [5, 5.41) is 1.05. The van der Waals surface area contributed by atoms with Gasteiger partial charge >= 0.3 is 0 Å². The molecule has 1 aromatic heterocycles. The summed E-state index contributed by atoms with van der Waals surface area (Å²) in [5.41, 5.74) is 4.47. The Balaban J connectivity index is 1.40. The third kappa shape index (κ3) is 4.72. The number of rotatable bonds is 7. The van der Waals surface area contributed by atoms with Crippen LogP contribution in [0.4, 0.5) is 5.69 Å². The number of aromatic nitrogens is 1. The number of para-hydroxylation sites is 3. The lowest BCUT2D eigenvalue weighted by molar-refractivity contribution is -0.135. The summed E-state index contributed by atoms with van der Waals surface area (Å²) in [4.78, 5) is 34.7. The number of hydrogen-bond acceptors (Lipinski definition) is 5. The van der Waals surface area contributed by atoms with Crippen molar-refractivity contribution in [3.05, 3.63) is 95.7 Å². The number of carbonyl (C=O) groups is 2. The third-order valence-corrected chi connectivity index (χ3v) is 8.50. The number of ether oxygens (including phenoxy) is 2. The number of anilines is 1. The molecule has 2 amide bonds. The number of piperazine rings is 1. The molecule has 0 aliphatic carbocycles. The van der Waals surface area contributed by atoms with E-state index in [4.69, 9.17) is 9.47 Å².